The number of rotatable bonds is 6. The zero-order valence-electron chi connectivity index (χ0n) is 13.9. The Labute approximate surface area is 155 Å². The molecular weight excluding hydrogens is 386 g/mol. The van der Waals surface area contributed by atoms with Crippen LogP contribution in [0.5, 0.6) is 11.6 Å². The first-order valence-electron chi connectivity index (χ1n) is 8.08. The fraction of sp³-hybridized carbons (Fsp3) is 0.333. The summed E-state index contributed by atoms with van der Waals surface area (Å²) in [7, 11) is 1.64. The van der Waals surface area contributed by atoms with Crippen molar-refractivity contribution in [3.05, 3.63) is 52.6 Å². The van der Waals surface area contributed by atoms with Gasteiger partial charge in [-0.25, -0.2) is 9.78 Å². The minimum absolute atomic E-state index is 0.0152. The Hall–Kier alpha value is -2.28. The largest absolute Gasteiger partial charge is 0.497 e. The van der Waals surface area contributed by atoms with Gasteiger partial charge in [-0.15, -0.1) is 0 Å². The highest BCUT2D eigenvalue weighted by Crippen LogP contribution is 2.24. The van der Waals surface area contributed by atoms with Crippen LogP contribution in [0.25, 0.3) is 0 Å². The highest BCUT2D eigenvalue weighted by atomic mass is 79.9. The summed E-state index contributed by atoms with van der Waals surface area (Å²) in [4.78, 5) is 18.0. The molecule has 0 saturated carbocycles. The number of hydrogen-bond acceptors (Lipinski definition) is 4. The van der Waals surface area contributed by atoms with Gasteiger partial charge in [0, 0.05) is 12.7 Å². The molecule has 0 aliphatic carbocycles. The lowest BCUT2D eigenvalue weighted by atomic mass is 10.1. The van der Waals surface area contributed by atoms with Gasteiger partial charge in [0.25, 0.3) is 0 Å². The molecule has 2 aromatic rings. The number of halogens is 1. The van der Waals surface area contributed by atoms with E-state index in [1.165, 1.54) is 0 Å². The number of aromatic nitrogens is 1. The zero-order valence-corrected chi connectivity index (χ0v) is 15.5. The van der Waals surface area contributed by atoms with E-state index in [-0.39, 0.29) is 12.1 Å². The number of hydrogen-bond donors (Lipinski definition) is 1. The van der Waals surface area contributed by atoms with Crippen molar-refractivity contribution < 1.29 is 14.3 Å². The second-order valence-electron chi connectivity index (χ2n) is 5.77. The standard InChI is InChI=1S/C18H20BrN3O3/c1-24-14-6-4-13(5-7-14)8-10-21-18(23)22-11-15(12-22)25-17-16(19)3-2-9-20-17/h2-7,9,15H,8,10-12H2,1H3,(H,21,23). The quantitative estimate of drug-likeness (QED) is 0.802. The summed E-state index contributed by atoms with van der Waals surface area (Å²) in [6.07, 6.45) is 2.45. The minimum Gasteiger partial charge on any atom is -0.497 e. The molecule has 2 amide bonds. The van der Waals surface area contributed by atoms with Gasteiger partial charge in [0.2, 0.25) is 5.88 Å². The molecule has 1 aliphatic rings. The van der Waals surface area contributed by atoms with Crippen LogP contribution in [0.15, 0.2) is 47.1 Å². The van der Waals surface area contributed by atoms with Crippen LogP contribution >= 0.6 is 15.9 Å². The van der Waals surface area contributed by atoms with Crippen molar-refractivity contribution in [1.82, 2.24) is 15.2 Å². The molecule has 25 heavy (non-hydrogen) atoms. The van der Waals surface area contributed by atoms with E-state index in [0.29, 0.717) is 25.5 Å². The number of carbonyl (C=O) groups excluding carboxylic acids is 1. The molecule has 0 radical (unpaired) electrons. The summed E-state index contributed by atoms with van der Waals surface area (Å²) in [5.74, 6) is 1.39. The average Bonchev–Trinajstić information content (AvgIpc) is 2.59. The van der Waals surface area contributed by atoms with Gasteiger partial charge < -0.3 is 19.7 Å². The summed E-state index contributed by atoms with van der Waals surface area (Å²) in [6.45, 7) is 1.73. The van der Waals surface area contributed by atoms with Gasteiger partial charge in [0.15, 0.2) is 0 Å². The number of pyridine rings is 1. The smallest absolute Gasteiger partial charge is 0.317 e. The van der Waals surface area contributed by atoms with Crippen molar-refractivity contribution in [2.45, 2.75) is 12.5 Å². The predicted octanol–water partition coefficient (Wildman–Crippen LogP) is 2.87. The Morgan fingerprint density at radius 2 is 2.08 bits per heavy atom. The van der Waals surface area contributed by atoms with Gasteiger partial charge in [0.1, 0.15) is 11.9 Å². The Morgan fingerprint density at radius 3 is 2.76 bits per heavy atom. The molecule has 1 aliphatic heterocycles. The number of methoxy groups -OCH3 is 1. The van der Waals surface area contributed by atoms with Gasteiger partial charge in [0.05, 0.1) is 24.7 Å². The fourth-order valence-electron chi connectivity index (χ4n) is 2.51. The molecule has 0 atom stereocenters. The maximum absolute atomic E-state index is 12.1. The molecule has 1 aromatic carbocycles. The molecule has 7 heteroatoms. The summed E-state index contributed by atoms with van der Waals surface area (Å²) in [5, 5.41) is 2.93. The molecule has 0 spiro atoms. The molecule has 3 rings (SSSR count). The molecule has 2 heterocycles. The van der Waals surface area contributed by atoms with Gasteiger partial charge in [-0.05, 0) is 52.2 Å². The highest BCUT2D eigenvalue weighted by Gasteiger charge is 2.32. The van der Waals surface area contributed by atoms with Gasteiger partial charge in [-0.1, -0.05) is 12.1 Å². The first-order chi connectivity index (χ1) is 12.2. The van der Waals surface area contributed by atoms with E-state index in [1.54, 1.807) is 18.2 Å². The number of amides is 2. The average molecular weight is 406 g/mol. The second-order valence-corrected chi connectivity index (χ2v) is 6.62. The number of ether oxygens (including phenoxy) is 2. The maximum Gasteiger partial charge on any atom is 0.317 e. The van der Waals surface area contributed by atoms with E-state index in [4.69, 9.17) is 9.47 Å². The Morgan fingerprint density at radius 1 is 1.32 bits per heavy atom. The molecule has 0 bridgehead atoms. The number of carbonyl (C=O) groups is 1. The Kier molecular flexibility index (Phi) is 5.75. The monoisotopic (exact) mass is 405 g/mol. The lowest BCUT2D eigenvalue weighted by Crippen LogP contribution is -2.59. The van der Waals surface area contributed by atoms with Crippen LogP contribution in [-0.2, 0) is 6.42 Å². The van der Waals surface area contributed by atoms with Gasteiger partial charge in [-0.2, -0.15) is 0 Å². The van der Waals surface area contributed by atoms with E-state index in [2.05, 4.69) is 26.2 Å². The van der Waals surface area contributed by atoms with Gasteiger partial charge >= 0.3 is 6.03 Å². The number of nitrogens with zero attached hydrogens (tertiary/aromatic N) is 2. The normalized spacial score (nSPS) is 13.9. The van der Waals surface area contributed by atoms with Crippen molar-refractivity contribution in [2.75, 3.05) is 26.7 Å². The van der Waals surface area contributed by atoms with Gasteiger partial charge in [-0.3, -0.25) is 0 Å². The maximum atomic E-state index is 12.1. The number of urea groups is 1. The van der Waals surface area contributed by atoms with Crippen LogP contribution in [0.3, 0.4) is 0 Å². The molecule has 1 fully saturated rings. The van der Waals surface area contributed by atoms with Crippen molar-refractivity contribution >= 4 is 22.0 Å². The second kappa shape index (κ2) is 8.20. The van der Waals surface area contributed by atoms with E-state index < -0.39 is 0 Å². The summed E-state index contributed by atoms with van der Waals surface area (Å²) in [5.41, 5.74) is 1.16. The SMILES string of the molecule is COc1ccc(CCNC(=O)N2CC(Oc3ncccc3Br)C2)cc1. The lowest BCUT2D eigenvalue weighted by Gasteiger charge is -2.38. The third-order valence-corrected chi connectivity index (χ3v) is 4.59. The third-order valence-electron chi connectivity index (χ3n) is 3.99. The molecule has 1 aromatic heterocycles. The van der Waals surface area contributed by atoms with Crippen molar-refractivity contribution in [3.63, 3.8) is 0 Å². The first-order valence-corrected chi connectivity index (χ1v) is 8.88. The van der Waals surface area contributed by atoms with E-state index in [9.17, 15) is 4.79 Å². The summed E-state index contributed by atoms with van der Waals surface area (Å²) < 4.78 is 11.7. The highest BCUT2D eigenvalue weighted by molar-refractivity contribution is 9.10. The van der Waals surface area contributed by atoms with Crippen LogP contribution < -0.4 is 14.8 Å². The van der Waals surface area contributed by atoms with Crippen LogP contribution in [-0.4, -0.2) is 48.8 Å². The van der Waals surface area contributed by atoms with Crippen molar-refractivity contribution in [1.29, 1.82) is 0 Å². The van der Waals surface area contributed by atoms with Crippen LogP contribution in [0.1, 0.15) is 5.56 Å². The Bertz CT molecular complexity index is 718. The number of nitrogens with one attached hydrogen (secondary N) is 1. The summed E-state index contributed by atoms with van der Waals surface area (Å²) >= 11 is 3.40. The number of benzene rings is 1. The molecule has 1 saturated heterocycles. The van der Waals surface area contributed by atoms with E-state index in [0.717, 1.165) is 22.2 Å². The van der Waals surface area contributed by atoms with Crippen molar-refractivity contribution in [3.8, 4) is 11.6 Å². The molecule has 0 unspecified atom stereocenters. The van der Waals surface area contributed by atoms with E-state index in [1.807, 2.05) is 36.4 Å². The van der Waals surface area contributed by atoms with Crippen LogP contribution in [0, 0.1) is 0 Å². The molecule has 6 nitrogen and oxygen atoms in total. The third kappa shape index (κ3) is 4.63. The predicted molar refractivity (Wildman–Crippen MR) is 98.0 cm³/mol. The minimum atomic E-state index is -0.0616. The van der Waals surface area contributed by atoms with E-state index >= 15 is 0 Å². The van der Waals surface area contributed by atoms with Crippen LogP contribution in [0.4, 0.5) is 4.79 Å². The molecular formula is C18H20BrN3O3. The molecule has 1 N–H and O–H groups in total. The Balaban J connectivity index is 1.36. The number of likely N-dealkylation sites (tertiary alicyclic amines) is 1. The fourth-order valence-corrected chi connectivity index (χ4v) is 2.86. The van der Waals surface area contributed by atoms with Crippen molar-refractivity contribution in [2.24, 2.45) is 0 Å². The zero-order chi connectivity index (χ0) is 17.6. The topological polar surface area (TPSA) is 63.7 Å². The first kappa shape index (κ1) is 17.5. The summed E-state index contributed by atoms with van der Waals surface area (Å²) in [6, 6.07) is 11.5. The molecule has 132 valence electrons. The van der Waals surface area contributed by atoms with Crippen LogP contribution in [0.2, 0.25) is 0 Å². The lowest BCUT2D eigenvalue weighted by molar-refractivity contribution is 0.0409.